The predicted molar refractivity (Wildman–Crippen MR) is 67.7 cm³/mol. The molecule has 1 rings (SSSR count). The van der Waals surface area contributed by atoms with Crippen molar-refractivity contribution in [1.82, 2.24) is 20.1 Å². The van der Waals surface area contributed by atoms with E-state index in [4.69, 9.17) is 4.74 Å². The van der Waals surface area contributed by atoms with Gasteiger partial charge in [-0.1, -0.05) is 27.7 Å². The second kappa shape index (κ2) is 7.40. The van der Waals surface area contributed by atoms with Crippen LogP contribution in [0.1, 0.15) is 33.5 Å². The molecule has 0 atom stereocenters. The van der Waals surface area contributed by atoms with E-state index in [9.17, 15) is 0 Å². The van der Waals surface area contributed by atoms with Crippen molar-refractivity contribution >= 4 is 0 Å². The Morgan fingerprint density at radius 2 is 2.12 bits per heavy atom. The molecule has 1 heterocycles. The first-order chi connectivity index (χ1) is 8.09. The van der Waals surface area contributed by atoms with Crippen LogP contribution in [0.15, 0.2) is 6.33 Å². The predicted octanol–water partition coefficient (Wildman–Crippen LogP) is 1.45. The van der Waals surface area contributed by atoms with Crippen molar-refractivity contribution in [2.45, 2.75) is 46.9 Å². The smallest absolute Gasteiger partial charge is 0.152 e. The molecule has 0 fully saturated rings. The van der Waals surface area contributed by atoms with Gasteiger partial charge in [0, 0.05) is 19.1 Å². The molecule has 98 valence electrons. The van der Waals surface area contributed by atoms with Gasteiger partial charge in [0.05, 0.1) is 6.61 Å². The van der Waals surface area contributed by atoms with Crippen molar-refractivity contribution in [2.24, 2.45) is 5.92 Å². The molecule has 5 heteroatoms. The number of ether oxygens (including phenoxy) is 1. The molecule has 17 heavy (non-hydrogen) atoms. The fourth-order valence-electron chi connectivity index (χ4n) is 1.48. The number of hydrogen-bond donors (Lipinski definition) is 1. The molecule has 0 saturated heterocycles. The topological polar surface area (TPSA) is 52.0 Å². The van der Waals surface area contributed by atoms with Gasteiger partial charge in [0.15, 0.2) is 5.82 Å². The van der Waals surface area contributed by atoms with E-state index in [0.29, 0.717) is 25.2 Å². The number of aromatic nitrogens is 3. The number of rotatable bonds is 8. The molecule has 5 nitrogen and oxygen atoms in total. The van der Waals surface area contributed by atoms with Gasteiger partial charge in [0.2, 0.25) is 0 Å². The number of nitrogens with zero attached hydrogens (tertiary/aromatic N) is 3. The maximum Gasteiger partial charge on any atom is 0.152 e. The van der Waals surface area contributed by atoms with Gasteiger partial charge in [-0.15, -0.1) is 0 Å². The third-order valence-electron chi connectivity index (χ3n) is 2.26. The second-order valence-electron chi connectivity index (χ2n) is 4.91. The summed E-state index contributed by atoms with van der Waals surface area (Å²) in [5.41, 5.74) is 0. The van der Waals surface area contributed by atoms with Gasteiger partial charge in [-0.05, 0) is 5.92 Å². The lowest BCUT2D eigenvalue weighted by Crippen LogP contribution is -2.26. The van der Waals surface area contributed by atoms with E-state index in [0.717, 1.165) is 18.9 Å². The van der Waals surface area contributed by atoms with Gasteiger partial charge in [0.1, 0.15) is 12.9 Å². The van der Waals surface area contributed by atoms with Crippen LogP contribution < -0.4 is 5.32 Å². The molecule has 1 aromatic heterocycles. The molecule has 0 saturated carbocycles. The molecule has 1 aromatic rings. The average molecular weight is 240 g/mol. The SMILES string of the molecule is CC(C)Cn1ncnc1COCCNC(C)C. The van der Waals surface area contributed by atoms with E-state index in [1.807, 2.05) is 4.68 Å². The van der Waals surface area contributed by atoms with E-state index in [1.54, 1.807) is 6.33 Å². The Morgan fingerprint density at radius 1 is 1.35 bits per heavy atom. The van der Waals surface area contributed by atoms with Crippen LogP contribution >= 0.6 is 0 Å². The van der Waals surface area contributed by atoms with Gasteiger partial charge in [-0.25, -0.2) is 9.67 Å². The van der Waals surface area contributed by atoms with Crippen molar-refractivity contribution in [1.29, 1.82) is 0 Å². The van der Waals surface area contributed by atoms with Gasteiger partial charge < -0.3 is 10.1 Å². The molecule has 0 bridgehead atoms. The van der Waals surface area contributed by atoms with Crippen molar-refractivity contribution in [3.8, 4) is 0 Å². The summed E-state index contributed by atoms with van der Waals surface area (Å²) in [6, 6.07) is 0.503. The number of nitrogens with one attached hydrogen (secondary N) is 1. The van der Waals surface area contributed by atoms with Crippen LogP contribution in [0, 0.1) is 5.92 Å². The highest BCUT2D eigenvalue weighted by molar-refractivity contribution is 4.81. The summed E-state index contributed by atoms with van der Waals surface area (Å²) in [4.78, 5) is 4.21. The minimum Gasteiger partial charge on any atom is -0.372 e. The zero-order valence-corrected chi connectivity index (χ0v) is 11.3. The normalized spacial score (nSPS) is 11.6. The van der Waals surface area contributed by atoms with Crippen LogP contribution in [0.3, 0.4) is 0 Å². The highest BCUT2D eigenvalue weighted by Gasteiger charge is 2.05. The summed E-state index contributed by atoms with van der Waals surface area (Å²) in [5, 5.41) is 7.50. The zero-order valence-electron chi connectivity index (χ0n) is 11.3. The molecule has 0 amide bonds. The lowest BCUT2D eigenvalue weighted by atomic mass is 10.2. The molecular weight excluding hydrogens is 216 g/mol. The first-order valence-electron chi connectivity index (χ1n) is 6.27. The molecule has 0 aliphatic heterocycles. The fraction of sp³-hybridized carbons (Fsp3) is 0.833. The summed E-state index contributed by atoms with van der Waals surface area (Å²) < 4.78 is 7.48. The molecule has 0 aliphatic carbocycles. The van der Waals surface area contributed by atoms with Crippen LogP contribution in [0.25, 0.3) is 0 Å². The van der Waals surface area contributed by atoms with Crippen LogP contribution in [0.4, 0.5) is 0 Å². The summed E-state index contributed by atoms with van der Waals surface area (Å²) in [6.07, 6.45) is 1.59. The Balaban J connectivity index is 2.24. The quantitative estimate of drug-likeness (QED) is 0.699. The van der Waals surface area contributed by atoms with Crippen LogP contribution in [-0.4, -0.2) is 34.0 Å². The van der Waals surface area contributed by atoms with Gasteiger partial charge in [-0.2, -0.15) is 5.10 Å². The van der Waals surface area contributed by atoms with E-state index >= 15 is 0 Å². The van der Waals surface area contributed by atoms with Gasteiger partial charge >= 0.3 is 0 Å². The first kappa shape index (κ1) is 14.1. The second-order valence-corrected chi connectivity index (χ2v) is 4.91. The fourth-order valence-corrected chi connectivity index (χ4v) is 1.48. The monoisotopic (exact) mass is 240 g/mol. The van der Waals surface area contributed by atoms with E-state index in [-0.39, 0.29) is 0 Å². The summed E-state index contributed by atoms with van der Waals surface area (Å²) in [5.74, 6) is 1.47. The minimum absolute atomic E-state index is 0.503. The van der Waals surface area contributed by atoms with Crippen molar-refractivity contribution in [2.75, 3.05) is 13.2 Å². The highest BCUT2D eigenvalue weighted by Crippen LogP contribution is 2.02. The highest BCUT2D eigenvalue weighted by atomic mass is 16.5. The summed E-state index contributed by atoms with van der Waals surface area (Å²) >= 11 is 0. The van der Waals surface area contributed by atoms with E-state index < -0.39 is 0 Å². The van der Waals surface area contributed by atoms with E-state index in [2.05, 4.69) is 43.1 Å². The third-order valence-corrected chi connectivity index (χ3v) is 2.26. The minimum atomic E-state index is 0.503. The average Bonchev–Trinajstić information content (AvgIpc) is 2.64. The molecule has 0 aromatic carbocycles. The van der Waals surface area contributed by atoms with Crippen molar-refractivity contribution in [3.63, 3.8) is 0 Å². The largest absolute Gasteiger partial charge is 0.372 e. The Bertz CT molecular complexity index is 309. The molecule has 1 N–H and O–H groups in total. The number of hydrogen-bond acceptors (Lipinski definition) is 4. The van der Waals surface area contributed by atoms with E-state index in [1.165, 1.54) is 0 Å². The van der Waals surface area contributed by atoms with Gasteiger partial charge in [-0.3, -0.25) is 0 Å². The summed E-state index contributed by atoms with van der Waals surface area (Å²) in [7, 11) is 0. The molecule has 0 unspecified atom stereocenters. The lowest BCUT2D eigenvalue weighted by molar-refractivity contribution is 0.112. The maximum absolute atomic E-state index is 5.56. The zero-order chi connectivity index (χ0) is 12.7. The Morgan fingerprint density at radius 3 is 2.76 bits per heavy atom. The first-order valence-corrected chi connectivity index (χ1v) is 6.27. The Labute approximate surface area is 104 Å². The molecule has 0 spiro atoms. The van der Waals surface area contributed by atoms with Crippen LogP contribution in [0.2, 0.25) is 0 Å². The molecule has 0 radical (unpaired) electrons. The molecular formula is C12H24N4O. The Hall–Kier alpha value is -0.940. The Kier molecular flexibility index (Phi) is 6.15. The van der Waals surface area contributed by atoms with Crippen LogP contribution in [-0.2, 0) is 17.9 Å². The maximum atomic E-state index is 5.56. The van der Waals surface area contributed by atoms with Gasteiger partial charge in [0.25, 0.3) is 0 Å². The van der Waals surface area contributed by atoms with Crippen molar-refractivity contribution < 1.29 is 4.74 Å². The lowest BCUT2D eigenvalue weighted by Gasteiger charge is -2.10. The third kappa shape index (κ3) is 5.79. The molecule has 0 aliphatic rings. The van der Waals surface area contributed by atoms with Crippen molar-refractivity contribution in [3.05, 3.63) is 12.2 Å². The standard InChI is InChI=1S/C12H24N4O/c1-10(2)7-16-12(14-9-15-16)8-17-6-5-13-11(3)4/h9-11,13H,5-8H2,1-4H3. The summed E-state index contributed by atoms with van der Waals surface area (Å²) in [6.45, 7) is 11.6. The van der Waals surface area contributed by atoms with Crippen LogP contribution in [0.5, 0.6) is 0 Å².